The number of benzene rings is 1. The quantitative estimate of drug-likeness (QED) is 0.569. The number of rotatable bonds is 10. The number of pyridine rings is 1. The van der Waals surface area contributed by atoms with Crippen LogP contribution in [0.5, 0.6) is 11.5 Å². The Kier molecular flexibility index (Phi) is 7.16. The highest BCUT2D eigenvalue weighted by molar-refractivity contribution is 6.36. The molecule has 0 spiro atoms. The van der Waals surface area contributed by atoms with Crippen molar-refractivity contribution in [3.63, 3.8) is 0 Å². The Bertz CT molecular complexity index is 778. The number of methoxy groups -OCH3 is 1. The minimum absolute atomic E-state index is 0.471. The molecular weight excluding hydrogens is 364 g/mol. The van der Waals surface area contributed by atoms with Crippen LogP contribution < -0.4 is 9.47 Å². The van der Waals surface area contributed by atoms with Gasteiger partial charge in [0, 0.05) is 23.7 Å². The summed E-state index contributed by atoms with van der Waals surface area (Å²) in [5.41, 5.74) is 3.16. The normalized spacial score (nSPS) is 13.4. The fourth-order valence-electron chi connectivity index (χ4n) is 3.53. The molecule has 0 unspecified atom stereocenters. The third kappa shape index (κ3) is 4.65. The topological polar surface area (TPSA) is 43.8 Å². The molecule has 0 bridgehead atoms. The molecule has 0 radical (unpaired) electrons. The van der Waals surface area contributed by atoms with Gasteiger partial charge in [-0.3, -0.25) is 4.98 Å². The second-order valence-corrected chi connectivity index (χ2v) is 7.09. The van der Waals surface area contributed by atoms with Gasteiger partial charge in [-0.1, -0.05) is 25.4 Å². The van der Waals surface area contributed by atoms with Crippen molar-refractivity contribution in [2.24, 2.45) is 0 Å². The molecule has 0 N–H and O–H groups in total. The molecule has 5 nitrogen and oxygen atoms in total. The highest BCUT2D eigenvalue weighted by Gasteiger charge is 2.20. The first-order chi connectivity index (χ1) is 13.2. The van der Waals surface area contributed by atoms with Crippen molar-refractivity contribution >= 4 is 22.5 Å². The average molecular weight is 393 g/mol. The van der Waals surface area contributed by atoms with Crippen LogP contribution in [0.4, 0.5) is 0 Å². The smallest absolute Gasteiger partial charge is 0.163 e. The van der Waals surface area contributed by atoms with Crippen molar-refractivity contribution in [2.75, 3.05) is 46.6 Å². The minimum atomic E-state index is 0.471. The van der Waals surface area contributed by atoms with Crippen molar-refractivity contribution in [3.8, 4) is 11.5 Å². The van der Waals surface area contributed by atoms with E-state index in [2.05, 4.69) is 18.7 Å². The van der Waals surface area contributed by atoms with Gasteiger partial charge in [0.05, 0.1) is 30.9 Å². The fourth-order valence-corrected chi connectivity index (χ4v) is 3.89. The number of halogens is 1. The van der Waals surface area contributed by atoms with E-state index in [9.17, 15) is 0 Å². The molecule has 27 heavy (non-hydrogen) atoms. The highest BCUT2D eigenvalue weighted by atomic mass is 35.5. The first-order valence-electron chi connectivity index (χ1n) is 9.79. The molecule has 1 aliphatic carbocycles. The van der Waals surface area contributed by atoms with E-state index in [0.717, 1.165) is 60.5 Å². The van der Waals surface area contributed by atoms with E-state index in [-0.39, 0.29) is 0 Å². The maximum Gasteiger partial charge on any atom is 0.163 e. The van der Waals surface area contributed by atoms with E-state index in [1.165, 1.54) is 5.56 Å². The zero-order valence-corrected chi connectivity index (χ0v) is 17.3. The lowest BCUT2D eigenvalue weighted by molar-refractivity contribution is 0.0812. The summed E-state index contributed by atoms with van der Waals surface area (Å²) in [5, 5.41) is 1.73. The summed E-state index contributed by atoms with van der Waals surface area (Å²) in [6.07, 6.45) is 3.11. The number of aromatic nitrogens is 1. The second kappa shape index (κ2) is 9.58. The predicted molar refractivity (Wildman–Crippen MR) is 109 cm³/mol. The Hall–Kier alpha value is -1.56. The summed E-state index contributed by atoms with van der Waals surface area (Å²) in [4.78, 5) is 7.13. The maximum absolute atomic E-state index is 6.62. The lowest BCUT2D eigenvalue weighted by Crippen LogP contribution is -2.27. The van der Waals surface area contributed by atoms with E-state index < -0.39 is 0 Å². The fraction of sp³-hybridized carbons (Fsp3) is 0.571. The van der Waals surface area contributed by atoms with Crippen LogP contribution in [0.1, 0.15) is 31.5 Å². The van der Waals surface area contributed by atoms with Crippen LogP contribution in [0.25, 0.3) is 10.9 Å². The zero-order chi connectivity index (χ0) is 19.2. The molecule has 0 atom stereocenters. The van der Waals surface area contributed by atoms with Crippen molar-refractivity contribution in [3.05, 3.63) is 28.4 Å². The van der Waals surface area contributed by atoms with E-state index >= 15 is 0 Å². The van der Waals surface area contributed by atoms with Crippen LogP contribution in [-0.4, -0.2) is 56.4 Å². The lowest BCUT2D eigenvalue weighted by atomic mass is 10.1. The van der Waals surface area contributed by atoms with Crippen LogP contribution in [0.2, 0.25) is 5.02 Å². The highest BCUT2D eigenvalue weighted by Crippen LogP contribution is 2.39. The summed E-state index contributed by atoms with van der Waals surface area (Å²) in [7, 11) is 1.64. The standard InChI is InChI=1S/C21H29ClN2O3/c1-4-24(5-2)9-10-26-11-12-27-20-14-18-16(13-19(20)25-3)21(22)15-7-6-8-17(15)23-18/h13-14H,4-12H2,1-3H3. The van der Waals surface area contributed by atoms with Crippen LogP contribution >= 0.6 is 11.6 Å². The maximum atomic E-state index is 6.62. The number of fused-ring (bicyclic) bond motifs is 2. The molecule has 0 saturated heterocycles. The van der Waals surface area contributed by atoms with Crippen LogP contribution in [0, 0.1) is 0 Å². The van der Waals surface area contributed by atoms with Crippen molar-refractivity contribution < 1.29 is 14.2 Å². The van der Waals surface area contributed by atoms with Gasteiger partial charge in [0.1, 0.15) is 6.61 Å². The third-order valence-corrected chi connectivity index (χ3v) is 5.59. The van der Waals surface area contributed by atoms with Gasteiger partial charge in [-0.2, -0.15) is 0 Å². The minimum Gasteiger partial charge on any atom is -0.493 e. The summed E-state index contributed by atoms with van der Waals surface area (Å²) < 4.78 is 17.1. The Morgan fingerprint density at radius 3 is 2.63 bits per heavy atom. The van der Waals surface area contributed by atoms with Crippen LogP contribution in [-0.2, 0) is 17.6 Å². The molecule has 2 aromatic rings. The summed E-state index contributed by atoms with van der Waals surface area (Å²) >= 11 is 6.62. The average Bonchev–Trinajstić information content (AvgIpc) is 3.16. The van der Waals surface area contributed by atoms with Gasteiger partial charge in [0.2, 0.25) is 0 Å². The SMILES string of the molecule is CCN(CC)CCOCCOc1cc2nc3c(c(Cl)c2cc1OC)CCC3. The lowest BCUT2D eigenvalue weighted by Gasteiger charge is -2.18. The summed E-state index contributed by atoms with van der Waals surface area (Å²) in [6, 6.07) is 3.86. The number of likely N-dealkylation sites (N-methyl/N-ethyl adjacent to an activating group) is 1. The monoisotopic (exact) mass is 392 g/mol. The first-order valence-corrected chi connectivity index (χ1v) is 10.2. The largest absolute Gasteiger partial charge is 0.493 e. The Morgan fingerprint density at radius 1 is 1.07 bits per heavy atom. The van der Waals surface area contributed by atoms with Crippen molar-refractivity contribution in [1.82, 2.24) is 9.88 Å². The van der Waals surface area contributed by atoms with Gasteiger partial charge >= 0.3 is 0 Å². The molecule has 0 fully saturated rings. The first kappa shape index (κ1) is 20.2. The molecule has 6 heteroatoms. The number of aryl methyl sites for hydroxylation is 1. The molecule has 3 rings (SSSR count). The van der Waals surface area contributed by atoms with E-state index in [1.807, 2.05) is 12.1 Å². The van der Waals surface area contributed by atoms with Gasteiger partial charge in [-0.05, 0) is 44.0 Å². The molecule has 0 saturated carbocycles. The molecule has 148 valence electrons. The third-order valence-electron chi connectivity index (χ3n) is 5.16. The van der Waals surface area contributed by atoms with Gasteiger partial charge in [0.15, 0.2) is 11.5 Å². The number of nitrogens with zero attached hydrogens (tertiary/aromatic N) is 2. The van der Waals surface area contributed by atoms with Crippen molar-refractivity contribution in [1.29, 1.82) is 0 Å². The molecule has 0 aliphatic heterocycles. The summed E-state index contributed by atoms with van der Waals surface area (Å²) in [6.45, 7) is 9.08. The predicted octanol–water partition coefficient (Wildman–Crippen LogP) is 4.12. The number of ether oxygens (including phenoxy) is 3. The van der Waals surface area contributed by atoms with Crippen LogP contribution in [0.15, 0.2) is 12.1 Å². The van der Waals surface area contributed by atoms with E-state index in [1.54, 1.807) is 7.11 Å². The molecule has 1 heterocycles. The zero-order valence-electron chi connectivity index (χ0n) is 16.5. The molecule has 1 aromatic heterocycles. The van der Waals surface area contributed by atoms with Gasteiger partial charge in [0.25, 0.3) is 0 Å². The van der Waals surface area contributed by atoms with E-state index in [0.29, 0.717) is 31.3 Å². The number of hydrogen-bond acceptors (Lipinski definition) is 5. The van der Waals surface area contributed by atoms with E-state index in [4.69, 9.17) is 30.8 Å². The summed E-state index contributed by atoms with van der Waals surface area (Å²) in [5.74, 6) is 1.35. The molecular formula is C21H29ClN2O3. The molecule has 1 aliphatic rings. The number of hydrogen-bond donors (Lipinski definition) is 0. The molecule has 0 amide bonds. The van der Waals surface area contributed by atoms with Crippen LogP contribution in [0.3, 0.4) is 0 Å². The van der Waals surface area contributed by atoms with Crippen molar-refractivity contribution in [2.45, 2.75) is 33.1 Å². The van der Waals surface area contributed by atoms with Gasteiger partial charge in [-0.15, -0.1) is 0 Å². The Morgan fingerprint density at radius 2 is 1.89 bits per heavy atom. The van der Waals surface area contributed by atoms with Gasteiger partial charge < -0.3 is 19.1 Å². The Labute approximate surface area is 166 Å². The second-order valence-electron chi connectivity index (χ2n) is 6.71. The molecule has 1 aromatic carbocycles. The Balaban J connectivity index is 1.63. The van der Waals surface area contributed by atoms with Gasteiger partial charge in [-0.25, -0.2) is 0 Å².